The summed E-state index contributed by atoms with van der Waals surface area (Å²) in [5.74, 6) is 2.63. The first-order chi connectivity index (χ1) is 5.13. The van der Waals surface area contributed by atoms with Crippen LogP contribution in [0.1, 0.15) is 20.8 Å². The second-order valence-corrected chi connectivity index (χ2v) is 2.71. The van der Waals surface area contributed by atoms with E-state index in [0.717, 1.165) is 0 Å². The third-order valence-electron chi connectivity index (χ3n) is 1.47. The van der Waals surface area contributed by atoms with Gasteiger partial charge in [0.2, 0.25) is 5.91 Å². The number of hydrogen-bond donors (Lipinski definition) is 0. The first kappa shape index (κ1) is 10.0. The molecule has 0 radical (unpaired) electrons. The van der Waals surface area contributed by atoms with Crippen LogP contribution in [0.4, 0.5) is 0 Å². The molecule has 0 atom stereocenters. The largest absolute Gasteiger partial charge is 0.332 e. The minimum atomic E-state index is 0.0447. The molecule has 62 valence electrons. The molecule has 1 amide bonds. The number of carbonyl (C=O) groups excluding carboxylic acids is 1. The van der Waals surface area contributed by atoms with E-state index in [0.29, 0.717) is 13.1 Å². The van der Waals surface area contributed by atoms with E-state index < -0.39 is 0 Å². The maximum atomic E-state index is 11.3. The highest BCUT2D eigenvalue weighted by molar-refractivity contribution is 5.78. The quantitative estimate of drug-likeness (QED) is 0.556. The Morgan fingerprint density at radius 1 is 1.64 bits per heavy atom. The summed E-state index contributed by atoms with van der Waals surface area (Å²) in [6.45, 7) is 6.80. The van der Waals surface area contributed by atoms with E-state index in [2.05, 4.69) is 5.92 Å². The van der Waals surface area contributed by atoms with Crippen LogP contribution in [0.3, 0.4) is 0 Å². The minimum absolute atomic E-state index is 0.0447. The summed E-state index contributed by atoms with van der Waals surface area (Å²) >= 11 is 0. The average molecular weight is 153 g/mol. The summed E-state index contributed by atoms with van der Waals surface area (Å²) in [7, 11) is 0. The Labute approximate surface area is 68.6 Å². The van der Waals surface area contributed by atoms with E-state index in [9.17, 15) is 4.79 Å². The lowest BCUT2D eigenvalue weighted by Gasteiger charge is -2.19. The van der Waals surface area contributed by atoms with Gasteiger partial charge in [-0.1, -0.05) is 19.8 Å². The molecule has 0 fully saturated rings. The normalized spacial score (nSPS) is 9.36. The number of carbonyl (C=O) groups is 1. The third-order valence-corrected chi connectivity index (χ3v) is 1.47. The van der Waals surface area contributed by atoms with Crippen molar-refractivity contribution in [1.29, 1.82) is 0 Å². The topological polar surface area (TPSA) is 20.3 Å². The van der Waals surface area contributed by atoms with Crippen LogP contribution in [0.2, 0.25) is 0 Å². The van der Waals surface area contributed by atoms with E-state index in [1.54, 1.807) is 4.90 Å². The van der Waals surface area contributed by atoms with Crippen LogP contribution in [0, 0.1) is 18.3 Å². The van der Waals surface area contributed by atoms with Crippen LogP contribution >= 0.6 is 0 Å². The highest BCUT2D eigenvalue weighted by Crippen LogP contribution is 1.99. The molecule has 0 spiro atoms. The van der Waals surface area contributed by atoms with Gasteiger partial charge in [-0.3, -0.25) is 4.79 Å². The summed E-state index contributed by atoms with van der Waals surface area (Å²) in [6, 6.07) is 0. The molecular formula is C9H15NO. The number of terminal acetylenes is 1. The fraction of sp³-hybridized carbons (Fsp3) is 0.667. The van der Waals surface area contributed by atoms with Gasteiger partial charge in [-0.05, 0) is 6.92 Å². The van der Waals surface area contributed by atoms with Gasteiger partial charge in [0.05, 0.1) is 6.54 Å². The highest BCUT2D eigenvalue weighted by atomic mass is 16.2. The molecule has 0 aliphatic heterocycles. The fourth-order valence-electron chi connectivity index (χ4n) is 0.821. The van der Waals surface area contributed by atoms with Crippen LogP contribution in [0.5, 0.6) is 0 Å². The summed E-state index contributed by atoms with van der Waals surface area (Å²) < 4.78 is 0. The lowest BCUT2D eigenvalue weighted by atomic mass is 10.2. The third kappa shape index (κ3) is 3.08. The predicted molar refractivity (Wildman–Crippen MR) is 45.9 cm³/mol. The molecule has 2 nitrogen and oxygen atoms in total. The van der Waals surface area contributed by atoms with Crippen molar-refractivity contribution in [1.82, 2.24) is 4.90 Å². The molecule has 0 aromatic heterocycles. The van der Waals surface area contributed by atoms with Crippen LogP contribution in [-0.4, -0.2) is 23.9 Å². The monoisotopic (exact) mass is 153 g/mol. The number of rotatable bonds is 3. The van der Waals surface area contributed by atoms with Gasteiger partial charge in [0.15, 0.2) is 0 Å². The van der Waals surface area contributed by atoms with E-state index in [4.69, 9.17) is 6.42 Å². The van der Waals surface area contributed by atoms with Gasteiger partial charge in [-0.25, -0.2) is 0 Å². The molecule has 0 saturated heterocycles. The van der Waals surface area contributed by atoms with Gasteiger partial charge < -0.3 is 4.90 Å². The second-order valence-electron chi connectivity index (χ2n) is 2.71. The summed E-state index contributed by atoms with van der Waals surface area (Å²) in [5.41, 5.74) is 0. The van der Waals surface area contributed by atoms with Crippen molar-refractivity contribution < 1.29 is 4.79 Å². The maximum Gasteiger partial charge on any atom is 0.225 e. The lowest BCUT2D eigenvalue weighted by Crippen LogP contribution is -2.34. The van der Waals surface area contributed by atoms with Crippen molar-refractivity contribution in [3.63, 3.8) is 0 Å². The molecule has 0 bridgehead atoms. The van der Waals surface area contributed by atoms with E-state index in [-0.39, 0.29) is 11.8 Å². The summed E-state index contributed by atoms with van der Waals surface area (Å²) in [6.07, 6.45) is 5.10. The van der Waals surface area contributed by atoms with Crippen molar-refractivity contribution >= 4 is 5.91 Å². The first-order valence-corrected chi connectivity index (χ1v) is 3.85. The van der Waals surface area contributed by atoms with Crippen molar-refractivity contribution in [2.75, 3.05) is 13.1 Å². The minimum Gasteiger partial charge on any atom is -0.332 e. The van der Waals surface area contributed by atoms with Gasteiger partial charge in [0.1, 0.15) is 0 Å². The molecule has 0 saturated carbocycles. The van der Waals surface area contributed by atoms with Crippen LogP contribution in [0.25, 0.3) is 0 Å². The zero-order chi connectivity index (χ0) is 8.85. The fourth-order valence-corrected chi connectivity index (χ4v) is 0.821. The van der Waals surface area contributed by atoms with Gasteiger partial charge in [-0.2, -0.15) is 0 Å². The smallest absolute Gasteiger partial charge is 0.225 e. The van der Waals surface area contributed by atoms with Crippen molar-refractivity contribution in [2.24, 2.45) is 5.92 Å². The molecule has 0 heterocycles. The molecule has 0 unspecified atom stereocenters. The number of nitrogens with zero attached hydrogens (tertiary/aromatic N) is 1. The van der Waals surface area contributed by atoms with Crippen LogP contribution in [-0.2, 0) is 4.79 Å². The molecule has 2 heteroatoms. The zero-order valence-electron chi connectivity index (χ0n) is 7.42. The Morgan fingerprint density at radius 3 is 2.45 bits per heavy atom. The Bertz CT molecular complexity index is 167. The Balaban J connectivity index is 4.05. The highest BCUT2D eigenvalue weighted by Gasteiger charge is 2.13. The first-order valence-electron chi connectivity index (χ1n) is 3.85. The van der Waals surface area contributed by atoms with Crippen molar-refractivity contribution in [2.45, 2.75) is 20.8 Å². The van der Waals surface area contributed by atoms with E-state index >= 15 is 0 Å². The van der Waals surface area contributed by atoms with Crippen molar-refractivity contribution in [3.05, 3.63) is 0 Å². The maximum absolute atomic E-state index is 11.3. The number of amides is 1. The van der Waals surface area contributed by atoms with Crippen molar-refractivity contribution in [3.8, 4) is 12.3 Å². The molecule has 0 aliphatic rings. The standard InChI is InChI=1S/C9H15NO/c1-5-7-10(6-2)9(11)8(3)4/h1,8H,6-7H2,2-4H3. The predicted octanol–water partition coefficient (Wildman–Crippen LogP) is 1.12. The second kappa shape index (κ2) is 4.79. The molecule has 11 heavy (non-hydrogen) atoms. The molecule has 0 rings (SSSR count). The Morgan fingerprint density at radius 2 is 2.18 bits per heavy atom. The molecular weight excluding hydrogens is 138 g/mol. The molecule has 0 aliphatic carbocycles. The molecule has 0 aromatic rings. The summed E-state index contributed by atoms with van der Waals surface area (Å²) in [5, 5.41) is 0. The van der Waals surface area contributed by atoms with E-state index in [1.807, 2.05) is 20.8 Å². The Hall–Kier alpha value is -0.970. The SMILES string of the molecule is C#CCN(CC)C(=O)C(C)C. The van der Waals surface area contributed by atoms with E-state index in [1.165, 1.54) is 0 Å². The molecule has 0 aromatic carbocycles. The van der Waals surface area contributed by atoms with Gasteiger partial charge in [-0.15, -0.1) is 6.42 Å². The zero-order valence-corrected chi connectivity index (χ0v) is 7.42. The van der Waals surface area contributed by atoms with Gasteiger partial charge >= 0.3 is 0 Å². The van der Waals surface area contributed by atoms with Gasteiger partial charge in [0.25, 0.3) is 0 Å². The Kier molecular flexibility index (Phi) is 4.36. The average Bonchev–Trinajstić information content (AvgIpc) is 1.98. The van der Waals surface area contributed by atoms with Crippen LogP contribution in [0.15, 0.2) is 0 Å². The summed E-state index contributed by atoms with van der Waals surface area (Å²) in [4.78, 5) is 13.0. The number of hydrogen-bond acceptors (Lipinski definition) is 1. The molecule has 0 N–H and O–H groups in total. The van der Waals surface area contributed by atoms with Gasteiger partial charge in [0, 0.05) is 12.5 Å². The lowest BCUT2D eigenvalue weighted by molar-refractivity contribution is -0.133. The van der Waals surface area contributed by atoms with Crippen LogP contribution < -0.4 is 0 Å².